The molecule has 4 heterocycles. The van der Waals surface area contributed by atoms with E-state index < -0.39 is 47.4 Å². The highest BCUT2D eigenvalue weighted by atomic mass is 16.5. The number of rotatable bonds is 6. The molecule has 0 aliphatic carbocycles. The van der Waals surface area contributed by atoms with Gasteiger partial charge in [0.15, 0.2) is 0 Å². The third-order valence-electron chi connectivity index (χ3n) is 8.83. The van der Waals surface area contributed by atoms with Crippen LogP contribution in [0.3, 0.4) is 0 Å². The van der Waals surface area contributed by atoms with Crippen LogP contribution in [0.25, 0.3) is 0 Å². The van der Waals surface area contributed by atoms with E-state index in [1.807, 2.05) is 13.8 Å². The summed E-state index contributed by atoms with van der Waals surface area (Å²) in [6.07, 6.45) is 1.46. The van der Waals surface area contributed by atoms with Crippen molar-refractivity contribution in [2.24, 2.45) is 0 Å². The molecule has 3 aromatic carbocycles. The number of para-hydroxylation sites is 2. The van der Waals surface area contributed by atoms with Crippen molar-refractivity contribution in [3.63, 3.8) is 0 Å². The largest absolute Gasteiger partial charge is 0.426 e. The minimum absolute atomic E-state index is 0.156. The summed E-state index contributed by atoms with van der Waals surface area (Å²) in [7, 11) is 0. The molecule has 4 amide bonds. The molecule has 0 bridgehead atoms. The summed E-state index contributed by atoms with van der Waals surface area (Å²) in [4.78, 5) is 82.6. The van der Waals surface area contributed by atoms with E-state index in [0.717, 1.165) is 9.80 Å². The summed E-state index contributed by atoms with van der Waals surface area (Å²) >= 11 is 0. The number of carbonyl (C=O) groups excluding carboxylic acids is 6. The molecular weight excluding hydrogens is 564 g/mol. The number of amides is 4. The number of nitrogens with zero attached hydrogens (tertiary/aromatic N) is 2. The number of hydrogen-bond acceptors (Lipinski definition) is 8. The Morgan fingerprint density at radius 3 is 1.36 bits per heavy atom. The summed E-state index contributed by atoms with van der Waals surface area (Å²) in [5.41, 5.74) is 2.68. The van der Waals surface area contributed by atoms with Crippen LogP contribution in [-0.4, -0.2) is 35.6 Å². The van der Waals surface area contributed by atoms with Crippen molar-refractivity contribution in [2.45, 2.75) is 63.2 Å². The number of fused-ring (bicyclic) bond motifs is 4. The number of carbonyl (C=O) groups is 6. The van der Waals surface area contributed by atoms with Crippen LogP contribution < -0.4 is 19.3 Å². The highest BCUT2D eigenvalue weighted by Gasteiger charge is 2.54. The third kappa shape index (κ3) is 3.86. The second-order valence-corrected chi connectivity index (χ2v) is 11.4. The highest BCUT2D eigenvalue weighted by Crippen LogP contribution is 2.55. The summed E-state index contributed by atoms with van der Waals surface area (Å²) in [6.45, 7) is 3.69. The van der Waals surface area contributed by atoms with E-state index >= 15 is 0 Å². The van der Waals surface area contributed by atoms with Gasteiger partial charge in [0.25, 0.3) is 0 Å². The molecule has 3 aromatic rings. The molecule has 0 saturated carbocycles. The fourth-order valence-corrected chi connectivity index (χ4v) is 6.98. The molecule has 4 aliphatic rings. The van der Waals surface area contributed by atoms with Gasteiger partial charge in [-0.15, -0.1) is 0 Å². The molecule has 222 valence electrons. The van der Waals surface area contributed by atoms with E-state index in [0.29, 0.717) is 46.5 Å². The number of esters is 2. The third-order valence-corrected chi connectivity index (χ3v) is 8.83. The Bertz CT molecular complexity index is 1680. The topological polar surface area (TPSA) is 127 Å². The Morgan fingerprint density at radius 2 is 0.977 bits per heavy atom. The summed E-state index contributed by atoms with van der Waals surface area (Å²) in [5, 5.41) is 0. The fourth-order valence-electron chi connectivity index (χ4n) is 6.98. The van der Waals surface area contributed by atoms with Crippen LogP contribution in [0.1, 0.15) is 85.5 Å². The first-order chi connectivity index (χ1) is 21.3. The van der Waals surface area contributed by atoms with E-state index in [-0.39, 0.29) is 36.2 Å². The first kappa shape index (κ1) is 27.7. The monoisotopic (exact) mass is 592 g/mol. The van der Waals surface area contributed by atoms with Crippen molar-refractivity contribution < 1.29 is 38.2 Å². The zero-order chi connectivity index (χ0) is 30.9. The van der Waals surface area contributed by atoms with Crippen LogP contribution in [-0.2, 0) is 28.8 Å². The van der Waals surface area contributed by atoms with Crippen molar-refractivity contribution in [1.82, 2.24) is 0 Å². The lowest BCUT2D eigenvalue weighted by atomic mass is 9.80. The molecule has 0 saturated heterocycles. The van der Waals surface area contributed by atoms with Gasteiger partial charge in [-0.05, 0) is 48.2 Å². The number of ether oxygens (including phenoxy) is 2. The van der Waals surface area contributed by atoms with Crippen molar-refractivity contribution in [3.8, 4) is 11.5 Å². The molecule has 10 heteroatoms. The Labute approximate surface area is 252 Å². The van der Waals surface area contributed by atoms with Crippen molar-refractivity contribution in [2.75, 3.05) is 9.80 Å². The van der Waals surface area contributed by atoms with E-state index in [9.17, 15) is 28.8 Å². The molecule has 0 aromatic heterocycles. The van der Waals surface area contributed by atoms with Gasteiger partial charge in [0, 0.05) is 24.0 Å². The normalized spacial score (nSPS) is 22.9. The van der Waals surface area contributed by atoms with Crippen LogP contribution in [0.2, 0.25) is 0 Å². The lowest BCUT2D eigenvalue weighted by Crippen LogP contribution is -2.37. The molecule has 44 heavy (non-hydrogen) atoms. The van der Waals surface area contributed by atoms with Gasteiger partial charge in [-0.3, -0.25) is 28.8 Å². The van der Waals surface area contributed by atoms with Gasteiger partial charge < -0.3 is 9.47 Å². The minimum atomic E-state index is -1.07. The van der Waals surface area contributed by atoms with Crippen molar-refractivity contribution in [3.05, 3.63) is 82.9 Å². The zero-order valence-electron chi connectivity index (χ0n) is 24.1. The number of hydrogen-bond donors (Lipinski definition) is 0. The summed E-state index contributed by atoms with van der Waals surface area (Å²) in [5.74, 6) is -6.90. The second kappa shape index (κ2) is 10.3. The number of benzene rings is 3. The van der Waals surface area contributed by atoms with Crippen LogP contribution >= 0.6 is 0 Å². The first-order valence-electron chi connectivity index (χ1n) is 14.8. The molecule has 0 fully saturated rings. The molecule has 0 radical (unpaired) electrons. The summed E-state index contributed by atoms with van der Waals surface area (Å²) in [6, 6.07) is 16.8. The molecule has 7 rings (SSSR count). The molecule has 0 spiro atoms. The van der Waals surface area contributed by atoms with E-state index in [2.05, 4.69) is 0 Å². The Morgan fingerprint density at radius 1 is 0.591 bits per heavy atom. The average Bonchev–Trinajstić information content (AvgIpc) is 3.67. The van der Waals surface area contributed by atoms with Crippen LogP contribution in [0.5, 0.6) is 11.5 Å². The van der Waals surface area contributed by atoms with Crippen LogP contribution in [0, 0.1) is 0 Å². The lowest BCUT2D eigenvalue weighted by molar-refractivity contribution is -0.137. The molecule has 10 nitrogen and oxygen atoms in total. The van der Waals surface area contributed by atoms with E-state index in [4.69, 9.17) is 9.47 Å². The maximum absolute atomic E-state index is 13.8. The smallest absolute Gasteiger partial charge is 0.320 e. The van der Waals surface area contributed by atoms with Gasteiger partial charge in [-0.25, -0.2) is 9.80 Å². The minimum Gasteiger partial charge on any atom is -0.426 e. The molecule has 4 atom stereocenters. The zero-order valence-corrected chi connectivity index (χ0v) is 24.1. The maximum Gasteiger partial charge on any atom is 0.320 e. The van der Waals surface area contributed by atoms with E-state index in [1.165, 1.54) is 12.1 Å². The van der Waals surface area contributed by atoms with Crippen molar-refractivity contribution in [1.29, 1.82) is 0 Å². The van der Waals surface area contributed by atoms with Gasteiger partial charge >= 0.3 is 11.9 Å². The number of anilines is 2. The van der Waals surface area contributed by atoms with E-state index in [1.54, 1.807) is 48.5 Å². The molecule has 4 aliphatic heterocycles. The van der Waals surface area contributed by atoms with Gasteiger partial charge in [0.2, 0.25) is 23.6 Å². The quantitative estimate of drug-likeness (QED) is 0.300. The van der Waals surface area contributed by atoms with Gasteiger partial charge in [-0.2, -0.15) is 0 Å². The molecule has 4 unspecified atom stereocenters. The van der Waals surface area contributed by atoms with Gasteiger partial charge in [-0.1, -0.05) is 50.2 Å². The first-order valence-corrected chi connectivity index (χ1v) is 14.8. The van der Waals surface area contributed by atoms with Crippen molar-refractivity contribution >= 4 is 46.9 Å². The van der Waals surface area contributed by atoms with Gasteiger partial charge in [0.1, 0.15) is 23.3 Å². The van der Waals surface area contributed by atoms with Gasteiger partial charge in [0.05, 0.1) is 23.2 Å². The number of imide groups is 2. The standard InChI is InChI=1S/C34H28N2O8/c1-3-9-25(37)35-21-13-7-5-11-17(21)27(31(35)39)29-19-15-24-20(16-23(19)43-33(29)41)30(34(42)44-24)28-18-12-6-8-14-22(18)36(32(28)40)26(38)10-4-2/h5-8,11-16,27-30H,3-4,9-10H2,1-2H3. The van der Waals surface area contributed by atoms with Crippen LogP contribution in [0.15, 0.2) is 60.7 Å². The Hall–Kier alpha value is -5.12. The average molecular weight is 593 g/mol. The lowest BCUT2D eigenvalue weighted by Gasteiger charge is -2.18. The second-order valence-electron chi connectivity index (χ2n) is 11.4. The fraction of sp³-hybridized carbons (Fsp3) is 0.294. The predicted molar refractivity (Wildman–Crippen MR) is 156 cm³/mol. The SMILES string of the molecule is CCCC(=O)N1C(=O)C(C2C(=O)Oc3cc4c(cc32)OC(=O)C4C2C(=O)N(C(=O)CCC)c3ccccc32)c2ccccc21. The Kier molecular flexibility index (Phi) is 6.46. The highest BCUT2D eigenvalue weighted by molar-refractivity contribution is 6.23. The predicted octanol–water partition coefficient (Wildman–Crippen LogP) is 4.61. The molecular formula is C34H28N2O8. The maximum atomic E-state index is 13.8. The summed E-state index contributed by atoms with van der Waals surface area (Å²) < 4.78 is 11.4. The molecule has 0 N–H and O–H groups in total. The Balaban J connectivity index is 1.28. The van der Waals surface area contributed by atoms with Crippen LogP contribution in [0.4, 0.5) is 11.4 Å².